The molecule has 0 N–H and O–H groups in total. The summed E-state index contributed by atoms with van der Waals surface area (Å²) < 4.78 is 21.5. The standard InChI is InChI=1S/C20H18BrCl2NO9/c1-7(25)30-6-14-16(31-8(2)26)17(32-9(3)27)15(18(21)33-14)24-19(28)10-4-12(22)13(23)5-11(10)20(24)29/h4-5,14-18H,6H2,1-3H3/t14-,15+,16-,17-,18+/m1/s1. The Labute approximate surface area is 206 Å². The fourth-order valence-electron chi connectivity index (χ4n) is 3.66. The van der Waals surface area contributed by atoms with Crippen molar-refractivity contribution in [2.24, 2.45) is 0 Å². The molecular weight excluding hydrogens is 549 g/mol. The van der Waals surface area contributed by atoms with Gasteiger partial charge < -0.3 is 18.9 Å². The van der Waals surface area contributed by atoms with Crippen LogP contribution in [0.15, 0.2) is 12.1 Å². The molecule has 0 spiro atoms. The number of ether oxygens (including phenoxy) is 4. The topological polar surface area (TPSA) is 126 Å². The Bertz CT molecular complexity index is 992. The second-order valence-corrected chi connectivity index (χ2v) is 8.98. The van der Waals surface area contributed by atoms with Gasteiger partial charge in [0.15, 0.2) is 12.2 Å². The molecule has 1 aromatic rings. The van der Waals surface area contributed by atoms with Crippen LogP contribution in [0.25, 0.3) is 0 Å². The molecule has 2 amide bonds. The molecule has 33 heavy (non-hydrogen) atoms. The third-order valence-corrected chi connectivity index (χ3v) is 6.39. The number of benzene rings is 1. The van der Waals surface area contributed by atoms with Gasteiger partial charge in [0.05, 0.1) is 21.2 Å². The van der Waals surface area contributed by atoms with Crippen molar-refractivity contribution in [2.45, 2.75) is 50.1 Å². The Kier molecular flexibility index (Phi) is 7.67. The summed E-state index contributed by atoms with van der Waals surface area (Å²) in [5, 5.41) is -0.934. The van der Waals surface area contributed by atoms with Crippen molar-refractivity contribution in [3.63, 3.8) is 0 Å². The quantitative estimate of drug-likeness (QED) is 0.229. The van der Waals surface area contributed by atoms with Gasteiger partial charge in [-0.2, -0.15) is 0 Å². The Morgan fingerprint density at radius 3 is 1.88 bits per heavy atom. The van der Waals surface area contributed by atoms with Gasteiger partial charge in [-0.05, 0) is 12.1 Å². The molecule has 5 atom stereocenters. The average molecular weight is 567 g/mol. The minimum atomic E-state index is -1.35. The molecule has 10 nitrogen and oxygen atoms in total. The average Bonchev–Trinajstić information content (AvgIpc) is 2.93. The highest BCUT2D eigenvalue weighted by molar-refractivity contribution is 9.09. The van der Waals surface area contributed by atoms with Crippen LogP contribution in [0.5, 0.6) is 0 Å². The van der Waals surface area contributed by atoms with E-state index in [1.165, 1.54) is 19.1 Å². The minimum Gasteiger partial charge on any atom is -0.463 e. The van der Waals surface area contributed by atoms with Crippen molar-refractivity contribution >= 4 is 68.9 Å². The lowest BCUT2D eigenvalue weighted by Crippen LogP contribution is -2.65. The van der Waals surface area contributed by atoms with Gasteiger partial charge in [-0.1, -0.05) is 39.1 Å². The molecule has 178 valence electrons. The van der Waals surface area contributed by atoms with Gasteiger partial charge in [0.25, 0.3) is 11.8 Å². The van der Waals surface area contributed by atoms with E-state index in [0.717, 1.165) is 18.7 Å². The van der Waals surface area contributed by atoms with Crippen LogP contribution in [-0.2, 0) is 33.3 Å². The lowest BCUT2D eigenvalue weighted by atomic mass is 9.96. The summed E-state index contributed by atoms with van der Waals surface area (Å²) in [6.07, 6.45) is -3.72. The number of amides is 2. The summed E-state index contributed by atoms with van der Waals surface area (Å²) >= 11 is 15.3. The SMILES string of the molecule is CC(=O)OC[C@H]1O[C@H](Br)[C@@H](N2C(=O)c3cc(Cl)c(Cl)cc3C2=O)[C@@H](OC(C)=O)[C@@H]1OC(C)=O. The second-order valence-electron chi connectivity index (χ2n) is 7.26. The Morgan fingerprint density at radius 2 is 1.42 bits per heavy atom. The molecule has 1 fully saturated rings. The van der Waals surface area contributed by atoms with Crippen molar-refractivity contribution in [1.82, 2.24) is 4.90 Å². The highest BCUT2D eigenvalue weighted by Crippen LogP contribution is 2.38. The van der Waals surface area contributed by atoms with Crippen LogP contribution in [0.2, 0.25) is 10.0 Å². The number of hydrogen-bond donors (Lipinski definition) is 0. The number of halogens is 3. The van der Waals surface area contributed by atoms with Gasteiger partial charge in [0.2, 0.25) is 0 Å². The molecule has 0 bridgehead atoms. The number of carbonyl (C=O) groups excluding carboxylic acids is 5. The summed E-state index contributed by atoms with van der Waals surface area (Å²) in [4.78, 5) is 62.2. The lowest BCUT2D eigenvalue weighted by molar-refractivity contribution is -0.216. The first-order chi connectivity index (χ1) is 15.4. The van der Waals surface area contributed by atoms with Crippen molar-refractivity contribution in [2.75, 3.05) is 6.61 Å². The summed E-state index contributed by atoms with van der Waals surface area (Å²) in [6.45, 7) is 3.07. The molecule has 1 aromatic carbocycles. The number of carbonyl (C=O) groups is 5. The van der Waals surface area contributed by atoms with Crippen LogP contribution in [0.1, 0.15) is 41.5 Å². The summed E-state index contributed by atoms with van der Waals surface area (Å²) in [7, 11) is 0. The normalized spacial score (nSPS) is 26.6. The monoisotopic (exact) mass is 565 g/mol. The number of nitrogens with zero attached hydrogens (tertiary/aromatic N) is 1. The molecule has 0 radical (unpaired) electrons. The number of esters is 3. The highest BCUT2D eigenvalue weighted by Gasteiger charge is 2.56. The molecule has 3 rings (SSSR count). The predicted molar refractivity (Wildman–Crippen MR) is 116 cm³/mol. The maximum absolute atomic E-state index is 13.2. The summed E-state index contributed by atoms with van der Waals surface area (Å²) in [6, 6.07) is 1.28. The molecule has 2 aliphatic heterocycles. The zero-order valence-electron chi connectivity index (χ0n) is 17.5. The Hall–Kier alpha value is -2.21. The molecule has 2 heterocycles. The van der Waals surface area contributed by atoms with Gasteiger partial charge in [0.1, 0.15) is 23.8 Å². The molecule has 2 aliphatic rings. The molecule has 0 saturated carbocycles. The third-order valence-electron chi connectivity index (χ3n) is 4.91. The maximum atomic E-state index is 13.2. The van der Waals surface area contributed by atoms with Crippen molar-refractivity contribution in [1.29, 1.82) is 0 Å². The smallest absolute Gasteiger partial charge is 0.303 e. The second kappa shape index (κ2) is 9.96. The lowest BCUT2D eigenvalue weighted by Gasteiger charge is -2.45. The largest absolute Gasteiger partial charge is 0.463 e. The molecule has 13 heteroatoms. The highest BCUT2D eigenvalue weighted by atomic mass is 79.9. The third kappa shape index (κ3) is 5.16. The molecule has 0 aliphatic carbocycles. The first kappa shape index (κ1) is 25.4. The summed E-state index contributed by atoms with van der Waals surface area (Å²) in [5.41, 5.74) is 0.00324. The predicted octanol–water partition coefficient (Wildman–Crippen LogP) is 2.50. The van der Waals surface area contributed by atoms with Crippen LogP contribution in [0.4, 0.5) is 0 Å². The fraction of sp³-hybridized carbons (Fsp3) is 0.450. The van der Waals surface area contributed by atoms with Gasteiger partial charge in [-0.15, -0.1) is 0 Å². The van der Waals surface area contributed by atoms with E-state index in [0.29, 0.717) is 0 Å². The van der Waals surface area contributed by atoms with E-state index < -0.39 is 59.1 Å². The van der Waals surface area contributed by atoms with Crippen molar-refractivity contribution in [3.05, 3.63) is 33.3 Å². The van der Waals surface area contributed by atoms with E-state index in [2.05, 4.69) is 15.9 Å². The van der Waals surface area contributed by atoms with E-state index in [1.807, 2.05) is 0 Å². The van der Waals surface area contributed by atoms with E-state index >= 15 is 0 Å². The number of fused-ring (bicyclic) bond motifs is 1. The van der Waals surface area contributed by atoms with Crippen LogP contribution in [0.3, 0.4) is 0 Å². The minimum absolute atomic E-state index is 0.00162. The van der Waals surface area contributed by atoms with Crippen molar-refractivity contribution in [3.8, 4) is 0 Å². The number of imide groups is 1. The number of rotatable bonds is 5. The first-order valence-electron chi connectivity index (χ1n) is 9.56. The van der Waals surface area contributed by atoms with Crippen LogP contribution in [-0.4, -0.2) is 70.6 Å². The molecular formula is C20H18BrCl2NO9. The van der Waals surface area contributed by atoms with Crippen molar-refractivity contribution < 1.29 is 42.9 Å². The zero-order valence-corrected chi connectivity index (χ0v) is 20.6. The van der Waals surface area contributed by atoms with Gasteiger partial charge in [0, 0.05) is 20.8 Å². The van der Waals surface area contributed by atoms with E-state index in [1.54, 1.807) is 0 Å². The molecule has 0 unspecified atom stereocenters. The molecule has 0 aromatic heterocycles. The van der Waals surface area contributed by atoms with E-state index in [-0.39, 0.29) is 27.8 Å². The van der Waals surface area contributed by atoms with Crippen LogP contribution < -0.4 is 0 Å². The fourth-order valence-corrected chi connectivity index (χ4v) is 4.81. The maximum Gasteiger partial charge on any atom is 0.303 e. The Balaban J connectivity index is 2.04. The van der Waals surface area contributed by atoms with E-state index in [4.69, 9.17) is 42.1 Å². The summed E-state index contributed by atoms with van der Waals surface area (Å²) in [5.74, 6) is -3.60. The van der Waals surface area contributed by atoms with Crippen LogP contribution >= 0.6 is 39.1 Å². The van der Waals surface area contributed by atoms with Gasteiger partial charge >= 0.3 is 17.9 Å². The first-order valence-corrected chi connectivity index (χ1v) is 11.2. The number of alkyl halides is 1. The van der Waals surface area contributed by atoms with Gasteiger partial charge in [-0.3, -0.25) is 28.9 Å². The molecule has 1 saturated heterocycles. The van der Waals surface area contributed by atoms with Crippen LogP contribution in [0, 0.1) is 0 Å². The Morgan fingerprint density at radius 1 is 0.939 bits per heavy atom. The zero-order chi connectivity index (χ0) is 24.6. The number of hydrogen-bond acceptors (Lipinski definition) is 9. The van der Waals surface area contributed by atoms with E-state index in [9.17, 15) is 24.0 Å². The van der Waals surface area contributed by atoms with Gasteiger partial charge in [-0.25, -0.2) is 0 Å².